The largest absolute Gasteiger partial charge is 0.497 e. The standard InChI is InChI=1S/C19H18O2/c1-20-18-12-14-19(15-13-18)21-16-8-3-2-5-9-17-10-6-4-7-11-17/h2-4,6-7,10-15H,8,16H2,1H3/b3-2+. The highest BCUT2D eigenvalue weighted by atomic mass is 16.5. The van der Waals surface area contributed by atoms with E-state index in [2.05, 4.69) is 11.8 Å². The molecule has 0 aliphatic heterocycles. The van der Waals surface area contributed by atoms with E-state index >= 15 is 0 Å². The molecule has 0 aliphatic carbocycles. The highest BCUT2D eigenvalue weighted by Crippen LogP contribution is 2.16. The van der Waals surface area contributed by atoms with Crippen LogP contribution in [0.25, 0.3) is 0 Å². The molecule has 2 heteroatoms. The number of hydrogen-bond donors (Lipinski definition) is 0. The zero-order chi connectivity index (χ0) is 14.8. The van der Waals surface area contributed by atoms with Gasteiger partial charge in [-0.2, -0.15) is 0 Å². The Balaban J connectivity index is 1.69. The monoisotopic (exact) mass is 278 g/mol. The molecule has 2 nitrogen and oxygen atoms in total. The third-order valence-corrected chi connectivity index (χ3v) is 2.80. The van der Waals surface area contributed by atoms with Crippen LogP contribution in [-0.2, 0) is 0 Å². The van der Waals surface area contributed by atoms with Gasteiger partial charge in [0.05, 0.1) is 13.7 Å². The van der Waals surface area contributed by atoms with Gasteiger partial charge >= 0.3 is 0 Å². The van der Waals surface area contributed by atoms with Crippen LogP contribution < -0.4 is 9.47 Å². The minimum Gasteiger partial charge on any atom is -0.497 e. The summed E-state index contributed by atoms with van der Waals surface area (Å²) in [5.41, 5.74) is 1.02. The summed E-state index contributed by atoms with van der Waals surface area (Å²) in [6, 6.07) is 17.5. The van der Waals surface area contributed by atoms with Crippen molar-refractivity contribution in [1.29, 1.82) is 0 Å². The van der Waals surface area contributed by atoms with E-state index in [4.69, 9.17) is 9.47 Å². The summed E-state index contributed by atoms with van der Waals surface area (Å²) in [5.74, 6) is 7.77. The van der Waals surface area contributed by atoms with Crippen molar-refractivity contribution in [2.45, 2.75) is 6.42 Å². The molecule has 0 unspecified atom stereocenters. The zero-order valence-electron chi connectivity index (χ0n) is 12.1. The van der Waals surface area contributed by atoms with Crippen LogP contribution in [0.1, 0.15) is 12.0 Å². The Morgan fingerprint density at radius 1 is 0.952 bits per heavy atom. The van der Waals surface area contributed by atoms with Gasteiger partial charge in [-0.15, -0.1) is 0 Å². The second-order valence-corrected chi connectivity index (χ2v) is 4.35. The molecule has 0 spiro atoms. The topological polar surface area (TPSA) is 18.5 Å². The van der Waals surface area contributed by atoms with Crippen LogP contribution in [0.2, 0.25) is 0 Å². The molecule has 0 atom stereocenters. The molecule has 0 fully saturated rings. The summed E-state index contributed by atoms with van der Waals surface area (Å²) in [6.07, 6.45) is 4.71. The smallest absolute Gasteiger partial charge is 0.119 e. The fourth-order valence-corrected chi connectivity index (χ4v) is 1.71. The van der Waals surface area contributed by atoms with Crippen LogP contribution in [0.5, 0.6) is 11.5 Å². The van der Waals surface area contributed by atoms with Gasteiger partial charge < -0.3 is 9.47 Å². The van der Waals surface area contributed by atoms with Crippen molar-refractivity contribution in [3.8, 4) is 23.3 Å². The van der Waals surface area contributed by atoms with E-state index < -0.39 is 0 Å². The minimum atomic E-state index is 0.635. The summed E-state index contributed by atoms with van der Waals surface area (Å²) < 4.78 is 10.7. The molecule has 0 aromatic heterocycles. The molecule has 2 aromatic rings. The van der Waals surface area contributed by atoms with Gasteiger partial charge in [-0.25, -0.2) is 0 Å². The first kappa shape index (κ1) is 14.7. The Morgan fingerprint density at radius 3 is 2.38 bits per heavy atom. The number of methoxy groups -OCH3 is 1. The third kappa shape index (κ3) is 5.46. The van der Waals surface area contributed by atoms with E-state index in [1.54, 1.807) is 7.11 Å². The first-order valence-corrected chi connectivity index (χ1v) is 6.87. The molecule has 2 rings (SSSR count). The lowest BCUT2D eigenvalue weighted by Gasteiger charge is -2.05. The van der Waals surface area contributed by atoms with Crippen molar-refractivity contribution in [3.63, 3.8) is 0 Å². The Hall–Kier alpha value is -2.66. The van der Waals surface area contributed by atoms with Crippen LogP contribution in [-0.4, -0.2) is 13.7 Å². The molecular weight excluding hydrogens is 260 g/mol. The first-order valence-electron chi connectivity index (χ1n) is 6.87. The summed E-state index contributed by atoms with van der Waals surface area (Å²) in [5, 5.41) is 0. The lowest BCUT2D eigenvalue weighted by molar-refractivity contribution is 0.324. The van der Waals surface area contributed by atoms with Crippen LogP contribution in [0, 0.1) is 11.8 Å². The fourth-order valence-electron chi connectivity index (χ4n) is 1.71. The van der Waals surface area contributed by atoms with Crippen molar-refractivity contribution in [3.05, 3.63) is 72.3 Å². The summed E-state index contributed by atoms with van der Waals surface area (Å²) in [6.45, 7) is 0.635. The van der Waals surface area contributed by atoms with Gasteiger partial charge in [-0.1, -0.05) is 36.1 Å². The molecule has 0 radical (unpaired) electrons. The van der Waals surface area contributed by atoms with Crippen LogP contribution in [0.3, 0.4) is 0 Å². The molecule has 0 bridgehead atoms. The maximum atomic E-state index is 5.62. The van der Waals surface area contributed by atoms with E-state index in [9.17, 15) is 0 Å². The lowest BCUT2D eigenvalue weighted by atomic mass is 10.2. The number of allylic oxidation sites excluding steroid dienone is 1. The van der Waals surface area contributed by atoms with Gasteiger partial charge in [0.15, 0.2) is 0 Å². The quantitative estimate of drug-likeness (QED) is 0.606. The average molecular weight is 278 g/mol. The van der Waals surface area contributed by atoms with Crippen LogP contribution in [0.15, 0.2) is 66.7 Å². The molecule has 0 heterocycles. The van der Waals surface area contributed by atoms with Crippen molar-refractivity contribution < 1.29 is 9.47 Å². The SMILES string of the molecule is COc1ccc(OCC/C=C/C#Cc2ccccc2)cc1. The average Bonchev–Trinajstić information content (AvgIpc) is 2.55. The molecule has 106 valence electrons. The van der Waals surface area contributed by atoms with Crippen molar-refractivity contribution in [1.82, 2.24) is 0 Å². The molecular formula is C19H18O2. The Kier molecular flexibility index (Phi) is 5.97. The Morgan fingerprint density at radius 2 is 1.67 bits per heavy atom. The van der Waals surface area contributed by atoms with Crippen LogP contribution in [0.4, 0.5) is 0 Å². The highest BCUT2D eigenvalue weighted by Gasteiger charge is 1.93. The summed E-state index contributed by atoms with van der Waals surface area (Å²) in [7, 11) is 1.65. The van der Waals surface area contributed by atoms with Crippen molar-refractivity contribution in [2.75, 3.05) is 13.7 Å². The third-order valence-electron chi connectivity index (χ3n) is 2.80. The van der Waals surface area contributed by atoms with Crippen molar-refractivity contribution >= 4 is 0 Å². The predicted molar refractivity (Wildman–Crippen MR) is 85.6 cm³/mol. The minimum absolute atomic E-state index is 0.635. The van der Waals surface area contributed by atoms with Gasteiger partial charge in [0, 0.05) is 12.0 Å². The van der Waals surface area contributed by atoms with E-state index in [0.29, 0.717) is 6.61 Å². The Bertz CT molecular complexity index is 616. The van der Waals surface area contributed by atoms with E-state index in [1.165, 1.54) is 0 Å². The first-order chi connectivity index (χ1) is 10.4. The normalized spacial score (nSPS) is 9.95. The molecule has 0 saturated carbocycles. The molecule has 0 aliphatic rings. The van der Waals surface area contributed by atoms with E-state index in [-0.39, 0.29) is 0 Å². The van der Waals surface area contributed by atoms with Gasteiger partial charge in [0.1, 0.15) is 11.5 Å². The second kappa shape index (κ2) is 8.50. The predicted octanol–water partition coefficient (Wildman–Crippen LogP) is 4.07. The zero-order valence-corrected chi connectivity index (χ0v) is 12.1. The molecule has 0 N–H and O–H groups in total. The number of hydrogen-bond acceptors (Lipinski definition) is 2. The summed E-state index contributed by atoms with van der Waals surface area (Å²) >= 11 is 0. The lowest BCUT2D eigenvalue weighted by Crippen LogP contribution is -1.95. The highest BCUT2D eigenvalue weighted by molar-refractivity contribution is 5.36. The molecule has 0 amide bonds. The van der Waals surface area contributed by atoms with Crippen LogP contribution >= 0.6 is 0 Å². The van der Waals surface area contributed by atoms with Gasteiger partial charge in [-0.05, 0) is 42.5 Å². The molecule has 0 saturated heterocycles. The summed E-state index contributed by atoms with van der Waals surface area (Å²) in [4.78, 5) is 0. The number of ether oxygens (including phenoxy) is 2. The van der Waals surface area contributed by atoms with E-state index in [0.717, 1.165) is 23.5 Å². The molecule has 21 heavy (non-hydrogen) atoms. The fraction of sp³-hybridized carbons (Fsp3) is 0.158. The second-order valence-electron chi connectivity index (χ2n) is 4.35. The van der Waals surface area contributed by atoms with Gasteiger partial charge in [0.25, 0.3) is 0 Å². The Labute approximate surface area is 126 Å². The molecule has 2 aromatic carbocycles. The van der Waals surface area contributed by atoms with E-state index in [1.807, 2.05) is 66.7 Å². The van der Waals surface area contributed by atoms with Crippen molar-refractivity contribution in [2.24, 2.45) is 0 Å². The van der Waals surface area contributed by atoms with Gasteiger partial charge in [-0.3, -0.25) is 0 Å². The number of rotatable bonds is 5. The maximum absolute atomic E-state index is 5.62. The maximum Gasteiger partial charge on any atom is 0.119 e. The van der Waals surface area contributed by atoms with Gasteiger partial charge in [0.2, 0.25) is 0 Å². The number of benzene rings is 2.